The minimum Gasteiger partial charge on any atom is -0.339 e. The van der Waals surface area contributed by atoms with Crippen LogP contribution >= 0.6 is 0 Å². The molecule has 0 aromatic carbocycles. The molecule has 1 heterocycles. The van der Waals surface area contributed by atoms with Crippen LogP contribution in [0.4, 0.5) is 13.2 Å². The van der Waals surface area contributed by atoms with Crippen LogP contribution in [0.1, 0.15) is 39.5 Å². The largest absolute Gasteiger partial charge is 0.391 e. The van der Waals surface area contributed by atoms with Gasteiger partial charge >= 0.3 is 6.18 Å². The molecule has 0 atom stereocenters. The number of piperazine rings is 1. The number of alkyl halides is 3. The number of amides is 1. The summed E-state index contributed by atoms with van der Waals surface area (Å²) in [4.78, 5) is 14.2. The Labute approximate surface area is 117 Å². The van der Waals surface area contributed by atoms with Crippen LogP contribution in [0.15, 0.2) is 0 Å². The van der Waals surface area contributed by atoms with Gasteiger partial charge in [-0.2, -0.15) is 13.2 Å². The average Bonchev–Trinajstić information content (AvgIpc) is 2.36. The van der Waals surface area contributed by atoms with Crippen molar-refractivity contribution in [3.8, 4) is 0 Å². The van der Waals surface area contributed by atoms with Gasteiger partial charge in [-0.05, 0) is 39.5 Å². The van der Waals surface area contributed by atoms with Gasteiger partial charge in [0.05, 0.1) is 5.92 Å². The second-order valence-corrected chi connectivity index (χ2v) is 6.66. The second-order valence-electron chi connectivity index (χ2n) is 6.66. The van der Waals surface area contributed by atoms with Crippen molar-refractivity contribution in [2.24, 2.45) is 11.8 Å². The summed E-state index contributed by atoms with van der Waals surface area (Å²) < 4.78 is 37.9. The van der Waals surface area contributed by atoms with Gasteiger partial charge in [0.15, 0.2) is 0 Å². The Kier molecular flexibility index (Phi) is 4.33. The molecule has 2 rings (SSSR count). The van der Waals surface area contributed by atoms with Gasteiger partial charge in [0.2, 0.25) is 5.91 Å². The lowest BCUT2D eigenvalue weighted by molar-refractivity contribution is -0.185. The van der Waals surface area contributed by atoms with E-state index in [1.165, 1.54) is 0 Å². The molecule has 3 nitrogen and oxygen atoms in total. The maximum Gasteiger partial charge on any atom is 0.391 e. The summed E-state index contributed by atoms with van der Waals surface area (Å²) in [5.41, 5.74) is -0.114. The van der Waals surface area contributed by atoms with Crippen molar-refractivity contribution in [1.29, 1.82) is 0 Å². The highest BCUT2D eigenvalue weighted by atomic mass is 19.4. The van der Waals surface area contributed by atoms with E-state index >= 15 is 0 Å². The summed E-state index contributed by atoms with van der Waals surface area (Å²) in [7, 11) is 0. The van der Waals surface area contributed by atoms with E-state index in [0.717, 1.165) is 6.54 Å². The molecule has 1 aliphatic carbocycles. The van der Waals surface area contributed by atoms with Crippen molar-refractivity contribution in [2.75, 3.05) is 19.6 Å². The molecule has 0 aromatic heterocycles. The number of halogens is 3. The van der Waals surface area contributed by atoms with E-state index < -0.39 is 12.1 Å². The quantitative estimate of drug-likeness (QED) is 0.805. The van der Waals surface area contributed by atoms with E-state index in [9.17, 15) is 18.0 Å². The number of carbonyl (C=O) groups is 1. The van der Waals surface area contributed by atoms with Gasteiger partial charge in [-0.25, -0.2) is 0 Å². The Morgan fingerprint density at radius 3 is 2.30 bits per heavy atom. The summed E-state index contributed by atoms with van der Waals surface area (Å²) in [6.07, 6.45) is -3.18. The SMILES string of the molecule is CC1(C)CN(C(=O)C2CCC(C(F)(F)F)CC2)CCN1. The second kappa shape index (κ2) is 5.54. The molecule has 1 saturated heterocycles. The van der Waals surface area contributed by atoms with Crippen molar-refractivity contribution in [2.45, 2.75) is 51.2 Å². The summed E-state index contributed by atoms with van der Waals surface area (Å²) in [5, 5.41) is 3.33. The summed E-state index contributed by atoms with van der Waals surface area (Å²) in [6, 6.07) is 0. The Balaban J connectivity index is 1.89. The first-order chi connectivity index (χ1) is 9.19. The molecule has 20 heavy (non-hydrogen) atoms. The number of rotatable bonds is 1. The zero-order chi connectivity index (χ0) is 15.0. The topological polar surface area (TPSA) is 32.3 Å². The molecule has 0 aromatic rings. The highest BCUT2D eigenvalue weighted by Crippen LogP contribution is 2.40. The third-order valence-electron chi connectivity index (χ3n) is 4.42. The Bertz CT molecular complexity index is 360. The minimum atomic E-state index is -4.11. The number of hydrogen-bond donors (Lipinski definition) is 1. The van der Waals surface area contributed by atoms with E-state index in [-0.39, 0.29) is 30.2 Å². The number of nitrogens with zero attached hydrogens (tertiary/aromatic N) is 1. The first-order valence-electron chi connectivity index (χ1n) is 7.29. The number of carbonyl (C=O) groups excluding carboxylic acids is 1. The van der Waals surface area contributed by atoms with Crippen LogP contribution in [0.25, 0.3) is 0 Å². The maximum absolute atomic E-state index is 12.6. The molecule has 116 valence electrons. The lowest BCUT2D eigenvalue weighted by Crippen LogP contribution is -2.59. The van der Waals surface area contributed by atoms with Gasteiger partial charge in [-0.15, -0.1) is 0 Å². The van der Waals surface area contributed by atoms with Gasteiger partial charge in [0, 0.05) is 31.1 Å². The van der Waals surface area contributed by atoms with Crippen molar-refractivity contribution in [1.82, 2.24) is 10.2 Å². The predicted molar refractivity (Wildman–Crippen MR) is 70.2 cm³/mol. The van der Waals surface area contributed by atoms with Crippen molar-refractivity contribution < 1.29 is 18.0 Å². The lowest BCUT2D eigenvalue weighted by atomic mass is 9.80. The minimum absolute atomic E-state index is 0.0419. The van der Waals surface area contributed by atoms with Crippen LogP contribution in [-0.2, 0) is 4.79 Å². The molecule has 0 radical (unpaired) electrons. The molecular weight excluding hydrogens is 269 g/mol. The molecular formula is C14H23F3N2O. The summed E-state index contributed by atoms with van der Waals surface area (Å²) >= 11 is 0. The molecule has 0 unspecified atom stereocenters. The highest BCUT2D eigenvalue weighted by molar-refractivity contribution is 5.79. The third-order valence-corrected chi connectivity index (χ3v) is 4.42. The van der Waals surface area contributed by atoms with Gasteiger partial charge in [-0.1, -0.05) is 0 Å². The monoisotopic (exact) mass is 292 g/mol. The zero-order valence-electron chi connectivity index (χ0n) is 12.1. The molecule has 1 amide bonds. The van der Waals surface area contributed by atoms with Crippen molar-refractivity contribution in [3.63, 3.8) is 0 Å². The fourth-order valence-electron chi connectivity index (χ4n) is 3.26. The predicted octanol–water partition coefficient (Wildman–Crippen LogP) is 2.57. The maximum atomic E-state index is 12.6. The van der Waals surface area contributed by atoms with E-state index in [0.29, 0.717) is 25.9 Å². The fraction of sp³-hybridized carbons (Fsp3) is 0.929. The molecule has 0 spiro atoms. The third kappa shape index (κ3) is 3.65. The zero-order valence-corrected chi connectivity index (χ0v) is 12.1. The van der Waals surface area contributed by atoms with Crippen molar-refractivity contribution >= 4 is 5.91 Å². The molecule has 0 bridgehead atoms. The van der Waals surface area contributed by atoms with Gasteiger partial charge in [0.25, 0.3) is 0 Å². The normalized spacial score (nSPS) is 31.1. The standard InChI is InChI=1S/C14H23F3N2O/c1-13(2)9-19(8-7-18-13)12(20)10-3-5-11(6-4-10)14(15,16)17/h10-11,18H,3-9H2,1-2H3. The van der Waals surface area contributed by atoms with Crippen LogP contribution in [0.5, 0.6) is 0 Å². The van der Waals surface area contributed by atoms with E-state index in [1.807, 2.05) is 18.7 Å². The van der Waals surface area contributed by atoms with Gasteiger partial charge in [0.1, 0.15) is 0 Å². The van der Waals surface area contributed by atoms with Crippen LogP contribution in [0.3, 0.4) is 0 Å². The Morgan fingerprint density at radius 2 is 1.80 bits per heavy atom. The summed E-state index contributed by atoms with van der Waals surface area (Å²) in [5.74, 6) is -1.39. The van der Waals surface area contributed by atoms with E-state index in [1.54, 1.807) is 0 Å². The fourth-order valence-corrected chi connectivity index (χ4v) is 3.26. The molecule has 6 heteroatoms. The van der Waals surface area contributed by atoms with Crippen LogP contribution < -0.4 is 5.32 Å². The Hall–Kier alpha value is -0.780. The number of hydrogen-bond acceptors (Lipinski definition) is 2. The molecule has 1 saturated carbocycles. The van der Waals surface area contributed by atoms with Gasteiger partial charge in [-0.3, -0.25) is 4.79 Å². The van der Waals surface area contributed by atoms with Crippen LogP contribution in [0, 0.1) is 11.8 Å². The van der Waals surface area contributed by atoms with E-state index in [4.69, 9.17) is 0 Å². The van der Waals surface area contributed by atoms with E-state index in [2.05, 4.69) is 5.32 Å². The van der Waals surface area contributed by atoms with Gasteiger partial charge < -0.3 is 10.2 Å². The Morgan fingerprint density at radius 1 is 1.20 bits per heavy atom. The first-order valence-corrected chi connectivity index (χ1v) is 7.29. The van der Waals surface area contributed by atoms with Crippen LogP contribution in [-0.4, -0.2) is 42.2 Å². The lowest BCUT2D eigenvalue weighted by Gasteiger charge is -2.41. The molecule has 2 fully saturated rings. The van der Waals surface area contributed by atoms with Crippen molar-refractivity contribution in [3.05, 3.63) is 0 Å². The molecule has 1 N–H and O–H groups in total. The average molecular weight is 292 g/mol. The molecule has 2 aliphatic rings. The molecule has 1 aliphatic heterocycles. The smallest absolute Gasteiger partial charge is 0.339 e. The van der Waals surface area contributed by atoms with Crippen LogP contribution in [0.2, 0.25) is 0 Å². The summed E-state index contributed by atoms with van der Waals surface area (Å²) in [6.45, 7) is 6.10. The highest BCUT2D eigenvalue weighted by Gasteiger charge is 2.43. The number of nitrogens with one attached hydrogen (secondary N) is 1. The first kappa shape index (κ1) is 15.6.